The quantitative estimate of drug-likeness (QED) is 0.398. The molecule has 2 atom stereocenters. The molecule has 0 saturated heterocycles. The van der Waals surface area contributed by atoms with Crippen LogP contribution in [0.5, 0.6) is 0 Å². The molecule has 0 aromatic carbocycles. The monoisotopic (exact) mass is 298 g/mol. The zero-order valence-corrected chi connectivity index (χ0v) is 12.5. The number of aryl methyl sites for hydroxylation is 1. The summed E-state index contributed by atoms with van der Waals surface area (Å²) in [6.07, 6.45) is 5.47. The highest BCUT2D eigenvalue weighted by atomic mass is 35.5. The van der Waals surface area contributed by atoms with Crippen LogP contribution in [0.2, 0.25) is 5.28 Å². The van der Waals surface area contributed by atoms with Crippen molar-refractivity contribution in [3.05, 3.63) is 21.1 Å². The molecule has 1 aliphatic rings. The first-order valence-corrected chi connectivity index (χ1v) is 7.30. The highest BCUT2D eigenvalue weighted by molar-refractivity contribution is 6.28. The number of anilines is 1. The van der Waals surface area contributed by atoms with Gasteiger partial charge in [0, 0.05) is 6.04 Å². The fourth-order valence-electron chi connectivity index (χ4n) is 2.68. The van der Waals surface area contributed by atoms with E-state index in [-0.39, 0.29) is 22.8 Å². The average molecular weight is 299 g/mol. The standard InChI is InChI=1S/C13H19ClN4O2/c1-8-4-3-5-10(7-6-8)16-12-11(18(19)20)9(2)15-13(14)17-12/h8,10H,3-7H2,1-2H3,(H,15,16,17). The third kappa shape index (κ3) is 3.56. The van der Waals surface area contributed by atoms with Crippen LogP contribution in [0.1, 0.15) is 44.7 Å². The number of hydrogen-bond acceptors (Lipinski definition) is 5. The Morgan fingerprint density at radius 2 is 2.05 bits per heavy atom. The Kier molecular flexibility index (Phi) is 4.75. The van der Waals surface area contributed by atoms with E-state index in [2.05, 4.69) is 22.2 Å². The summed E-state index contributed by atoms with van der Waals surface area (Å²) in [7, 11) is 0. The lowest BCUT2D eigenvalue weighted by molar-refractivity contribution is -0.385. The van der Waals surface area contributed by atoms with Gasteiger partial charge in [0.15, 0.2) is 0 Å². The minimum Gasteiger partial charge on any atom is -0.361 e. The zero-order chi connectivity index (χ0) is 14.7. The Balaban J connectivity index is 2.21. The molecule has 0 amide bonds. The van der Waals surface area contributed by atoms with E-state index in [1.54, 1.807) is 6.92 Å². The van der Waals surface area contributed by atoms with Crippen molar-refractivity contribution in [1.82, 2.24) is 9.97 Å². The Bertz CT molecular complexity index is 509. The highest BCUT2D eigenvalue weighted by Crippen LogP contribution is 2.30. The van der Waals surface area contributed by atoms with Gasteiger partial charge in [0.25, 0.3) is 0 Å². The maximum Gasteiger partial charge on any atom is 0.332 e. The normalized spacial score (nSPS) is 23.1. The molecule has 2 rings (SSSR count). The number of aromatic nitrogens is 2. The van der Waals surface area contributed by atoms with E-state index >= 15 is 0 Å². The number of nitrogens with zero attached hydrogens (tertiary/aromatic N) is 3. The Hall–Kier alpha value is -1.43. The summed E-state index contributed by atoms with van der Waals surface area (Å²) in [6.45, 7) is 3.82. The maximum absolute atomic E-state index is 11.2. The molecule has 1 saturated carbocycles. The lowest BCUT2D eigenvalue weighted by Crippen LogP contribution is -2.20. The summed E-state index contributed by atoms with van der Waals surface area (Å²) in [5.41, 5.74) is 0.214. The van der Waals surface area contributed by atoms with Crippen molar-refractivity contribution >= 4 is 23.1 Å². The second-order valence-corrected chi connectivity index (χ2v) is 5.83. The molecule has 0 spiro atoms. The molecule has 20 heavy (non-hydrogen) atoms. The summed E-state index contributed by atoms with van der Waals surface area (Å²) in [5.74, 6) is 0.958. The van der Waals surface area contributed by atoms with Gasteiger partial charge >= 0.3 is 5.69 Å². The van der Waals surface area contributed by atoms with Gasteiger partial charge in [-0.05, 0) is 43.7 Å². The molecule has 1 aromatic heterocycles. The third-order valence-corrected chi connectivity index (χ3v) is 3.98. The van der Waals surface area contributed by atoms with Gasteiger partial charge in [-0.3, -0.25) is 10.1 Å². The maximum atomic E-state index is 11.2. The lowest BCUT2D eigenvalue weighted by atomic mass is 10.0. The van der Waals surface area contributed by atoms with Gasteiger partial charge in [-0.25, -0.2) is 4.98 Å². The topological polar surface area (TPSA) is 81.0 Å². The van der Waals surface area contributed by atoms with Gasteiger partial charge in [0.2, 0.25) is 11.1 Å². The van der Waals surface area contributed by atoms with Crippen LogP contribution < -0.4 is 5.32 Å². The van der Waals surface area contributed by atoms with E-state index in [0.29, 0.717) is 11.6 Å². The molecule has 2 unspecified atom stereocenters. The minimum atomic E-state index is -0.451. The van der Waals surface area contributed by atoms with Crippen molar-refractivity contribution in [2.45, 2.75) is 52.0 Å². The van der Waals surface area contributed by atoms with Gasteiger partial charge < -0.3 is 5.32 Å². The first-order valence-electron chi connectivity index (χ1n) is 6.92. The summed E-state index contributed by atoms with van der Waals surface area (Å²) in [6, 6.07) is 0.212. The van der Waals surface area contributed by atoms with Gasteiger partial charge in [-0.2, -0.15) is 4.98 Å². The first kappa shape index (κ1) is 15.0. The molecule has 0 aliphatic heterocycles. The number of rotatable bonds is 3. The molecule has 1 aliphatic carbocycles. The second kappa shape index (κ2) is 6.35. The molecule has 1 heterocycles. The van der Waals surface area contributed by atoms with E-state index in [0.717, 1.165) is 25.7 Å². The smallest absolute Gasteiger partial charge is 0.332 e. The van der Waals surface area contributed by atoms with Crippen molar-refractivity contribution in [3.63, 3.8) is 0 Å². The summed E-state index contributed by atoms with van der Waals surface area (Å²) >= 11 is 5.82. The van der Waals surface area contributed by atoms with Crippen LogP contribution >= 0.6 is 11.6 Å². The van der Waals surface area contributed by atoms with Crippen LogP contribution in [-0.4, -0.2) is 20.9 Å². The SMILES string of the molecule is Cc1nc(Cl)nc(NC2CCCC(C)CC2)c1[N+](=O)[O-]. The Morgan fingerprint density at radius 1 is 1.30 bits per heavy atom. The molecular weight excluding hydrogens is 280 g/mol. The van der Waals surface area contributed by atoms with E-state index in [1.165, 1.54) is 6.42 Å². The fraction of sp³-hybridized carbons (Fsp3) is 0.692. The molecule has 0 radical (unpaired) electrons. The molecule has 1 N–H and O–H groups in total. The van der Waals surface area contributed by atoms with Crippen LogP contribution in [0.3, 0.4) is 0 Å². The summed E-state index contributed by atoms with van der Waals surface area (Å²) in [4.78, 5) is 18.6. The molecule has 1 aromatic rings. The molecular formula is C13H19ClN4O2. The van der Waals surface area contributed by atoms with E-state index in [9.17, 15) is 10.1 Å². The average Bonchev–Trinajstić information content (AvgIpc) is 2.53. The van der Waals surface area contributed by atoms with Crippen LogP contribution in [-0.2, 0) is 0 Å². The van der Waals surface area contributed by atoms with Gasteiger partial charge in [-0.15, -0.1) is 0 Å². The number of halogens is 1. The van der Waals surface area contributed by atoms with Gasteiger partial charge in [-0.1, -0.05) is 19.8 Å². The predicted octanol–water partition coefficient (Wildman–Crippen LogP) is 3.73. The summed E-state index contributed by atoms with van der Waals surface area (Å²) < 4.78 is 0. The molecule has 0 bridgehead atoms. The van der Waals surface area contributed by atoms with E-state index in [1.807, 2.05) is 0 Å². The molecule has 7 heteroatoms. The Morgan fingerprint density at radius 3 is 2.75 bits per heavy atom. The van der Waals surface area contributed by atoms with Crippen molar-refractivity contribution in [2.75, 3.05) is 5.32 Å². The predicted molar refractivity (Wildman–Crippen MR) is 78.1 cm³/mol. The first-order chi connectivity index (χ1) is 9.47. The van der Waals surface area contributed by atoms with Gasteiger partial charge in [0.05, 0.1) is 4.92 Å². The number of hydrogen-bond donors (Lipinski definition) is 1. The van der Waals surface area contributed by atoms with Crippen LogP contribution in [0.25, 0.3) is 0 Å². The Labute approximate surface area is 123 Å². The molecule has 110 valence electrons. The van der Waals surface area contributed by atoms with Crippen molar-refractivity contribution in [2.24, 2.45) is 5.92 Å². The molecule has 6 nitrogen and oxygen atoms in total. The van der Waals surface area contributed by atoms with Crippen LogP contribution in [0, 0.1) is 23.0 Å². The minimum absolute atomic E-state index is 0.0394. The van der Waals surface area contributed by atoms with Crippen molar-refractivity contribution in [3.8, 4) is 0 Å². The van der Waals surface area contributed by atoms with Crippen LogP contribution in [0.4, 0.5) is 11.5 Å². The highest BCUT2D eigenvalue weighted by Gasteiger charge is 2.25. The third-order valence-electron chi connectivity index (χ3n) is 3.81. The fourth-order valence-corrected chi connectivity index (χ4v) is 2.89. The van der Waals surface area contributed by atoms with E-state index in [4.69, 9.17) is 11.6 Å². The van der Waals surface area contributed by atoms with Gasteiger partial charge in [0.1, 0.15) is 5.69 Å². The summed E-state index contributed by atoms with van der Waals surface area (Å²) in [5, 5.41) is 14.4. The van der Waals surface area contributed by atoms with E-state index < -0.39 is 4.92 Å². The molecule has 1 fully saturated rings. The van der Waals surface area contributed by atoms with Crippen molar-refractivity contribution < 1.29 is 4.92 Å². The number of nitro groups is 1. The number of nitrogens with one attached hydrogen (secondary N) is 1. The largest absolute Gasteiger partial charge is 0.361 e. The van der Waals surface area contributed by atoms with Crippen molar-refractivity contribution in [1.29, 1.82) is 0 Å². The van der Waals surface area contributed by atoms with Crippen LogP contribution in [0.15, 0.2) is 0 Å². The lowest BCUT2D eigenvalue weighted by Gasteiger charge is -2.17. The second-order valence-electron chi connectivity index (χ2n) is 5.49. The zero-order valence-electron chi connectivity index (χ0n) is 11.7.